The predicted octanol–water partition coefficient (Wildman–Crippen LogP) is 1.92. The van der Waals surface area contributed by atoms with Crippen LogP contribution in [0, 0.1) is 0 Å². The van der Waals surface area contributed by atoms with E-state index in [1.54, 1.807) is 4.68 Å². The Kier molecular flexibility index (Phi) is 4.00. The number of hydrogen-bond acceptors (Lipinski definition) is 3. The summed E-state index contributed by atoms with van der Waals surface area (Å²) in [7, 11) is 1.88. The summed E-state index contributed by atoms with van der Waals surface area (Å²) in [5, 5.41) is 4.35. The van der Waals surface area contributed by atoms with Gasteiger partial charge in [0, 0.05) is 31.3 Å². The van der Waals surface area contributed by atoms with Crippen LogP contribution in [0.25, 0.3) is 0 Å². The fraction of sp³-hybridized carbons (Fsp3) is 0.333. The molecule has 19 heavy (non-hydrogen) atoms. The van der Waals surface area contributed by atoms with E-state index in [0.29, 0.717) is 12.8 Å². The number of nitrogens with zero attached hydrogens (tertiary/aromatic N) is 2. The van der Waals surface area contributed by atoms with Gasteiger partial charge in [-0.3, -0.25) is 9.48 Å². The zero-order valence-electron chi connectivity index (χ0n) is 11.4. The zero-order valence-corrected chi connectivity index (χ0v) is 11.4. The highest BCUT2D eigenvalue weighted by atomic mass is 16.1. The Bertz CT molecular complexity index is 570. The molecule has 0 radical (unpaired) electrons. The van der Waals surface area contributed by atoms with Crippen molar-refractivity contribution in [3.05, 3.63) is 47.3 Å². The Morgan fingerprint density at radius 3 is 2.53 bits per heavy atom. The Hall–Kier alpha value is -2.10. The molecule has 0 aliphatic heterocycles. The predicted molar refractivity (Wildman–Crippen MR) is 75.9 cm³/mol. The average Bonchev–Trinajstić information content (AvgIpc) is 2.73. The molecule has 100 valence electrons. The number of nitrogen functional groups attached to an aromatic ring is 1. The van der Waals surface area contributed by atoms with Gasteiger partial charge in [-0.25, -0.2) is 0 Å². The lowest BCUT2D eigenvalue weighted by atomic mass is 10.1. The number of hydrogen-bond donors (Lipinski definition) is 1. The van der Waals surface area contributed by atoms with Gasteiger partial charge in [0.25, 0.3) is 0 Å². The normalized spacial score (nSPS) is 10.6. The molecule has 0 saturated carbocycles. The smallest absolute Gasteiger partial charge is 0.143 e. The number of anilines is 1. The van der Waals surface area contributed by atoms with E-state index in [2.05, 4.69) is 12.0 Å². The molecule has 1 aromatic heterocycles. The van der Waals surface area contributed by atoms with Crippen LogP contribution in [-0.2, 0) is 31.1 Å². The second kappa shape index (κ2) is 5.69. The molecule has 0 fully saturated rings. The molecule has 0 aliphatic rings. The van der Waals surface area contributed by atoms with Gasteiger partial charge in [0.1, 0.15) is 5.78 Å². The van der Waals surface area contributed by atoms with Gasteiger partial charge in [-0.1, -0.05) is 19.1 Å². The van der Waals surface area contributed by atoms with Crippen molar-refractivity contribution in [2.75, 3.05) is 5.73 Å². The van der Waals surface area contributed by atoms with Crippen LogP contribution in [0.2, 0.25) is 0 Å². The quantitative estimate of drug-likeness (QED) is 0.832. The standard InChI is InChI=1S/C15H19N3O/c1-3-13-9-14(18(2)17-13)10-15(19)8-11-4-6-12(16)7-5-11/h4-7,9H,3,8,10,16H2,1-2H3. The van der Waals surface area contributed by atoms with Gasteiger partial charge in [0.05, 0.1) is 5.69 Å². The monoisotopic (exact) mass is 257 g/mol. The number of rotatable bonds is 5. The molecule has 0 saturated heterocycles. The Morgan fingerprint density at radius 2 is 1.95 bits per heavy atom. The highest BCUT2D eigenvalue weighted by Crippen LogP contribution is 2.10. The first-order valence-corrected chi connectivity index (χ1v) is 6.46. The largest absolute Gasteiger partial charge is 0.399 e. The number of aromatic nitrogens is 2. The minimum absolute atomic E-state index is 0.190. The topological polar surface area (TPSA) is 60.9 Å². The van der Waals surface area contributed by atoms with Crippen molar-refractivity contribution in [2.45, 2.75) is 26.2 Å². The SMILES string of the molecule is CCc1cc(CC(=O)Cc2ccc(N)cc2)n(C)n1. The number of nitrogens with two attached hydrogens (primary N) is 1. The van der Waals surface area contributed by atoms with Crippen LogP contribution in [0.5, 0.6) is 0 Å². The molecule has 0 amide bonds. The van der Waals surface area contributed by atoms with Gasteiger partial charge < -0.3 is 5.73 Å². The first-order valence-electron chi connectivity index (χ1n) is 6.46. The molecule has 0 bridgehead atoms. The minimum Gasteiger partial charge on any atom is -0.399 e. The van der Waals surface area contributed by atoms with Crippen LogP contribution in [0.3, 0.4) is 0 Å². The summed E-state index contributed by atoms with van der Waals surface area (Å²) >= 11 is 0. The molecule has 4 heteroatoms. The fourth-order valence-electron chi connectivity index (χ4n) is 2.04. The summed E-state index contributed by atoms with van der Waals surface area (Å²) in [6, 6.07) is 9.44. The van der Waals surface area contributed by atoms with E-state index < -0.39 is 0 Å². The lowest BCUT2D eigenvalue weighted by molar-refractivity contribution is -0.117. The number of ketones is 1. The first-order chi connectivity index (χ1) is 9.08. The second-order valence-corrected chi connectivity index (χ2v) is 4.74. The molecule has 2 N–H and O–H groups in total. The maximum Gasteiger partial charge on any atom is 0.143 e. The van der Waals surface area contributed by atoms with Crippen LogP contribution in [0.15, 0.2) is 30.3 Å². The summed E-state index contributed by atoms with van der Waals surface area (Å²) in [6.07, 6.45) is 1.75. The van der Waals surface area contributed by atoms with E-state index in [-0.39, 0.29) is 5.78 Å². The van der Waals surface area contributed by atoms with Crippen molar-refractivity contribution in [3.8, 4) is 0 Å². The van der Waals surface area contributed by atoms with Crippen LogP contribution < -0.4 is 5.73 Å². The van der Waals surface area contributed by atoms with Crippen LogP contribution in [0.4, 0.5) is 5.69 Å². The summed E-state index contributed by atoms with van der Waals surface area (Å²) < 4.78 is 1.79. The highest BCUT2D eigenvalue weighted by Gasteiger charge is 2.10. The third-order valence-electron chi connectivity index (χ3n) is 3.15. The first kappa shape index (κ1) is 13.3. The van der Waals surface area contributed by atoms with Gasteiger partial charge in [-0.05, 0) is 30.2 Å². The fourth-order valence-corrected chi connectivity index (χ4v) is 2.04. The van der Waals surface area contributed by atoms with Crippen molar-refractivity contribution in [3.63, 3.8) is 0 Å². The van der Waals surface area contributed by atoms with Gasteiger partial charge >= 0.3 is 0 Å². The van der Waals surface area contributed by atoms with Crippen LogP contribution in [-0.4, -0.2) is 15.6 Å². The van der Waals surface area contributed by atoms with Crippen LogP contribution >= 0.6 is 0 Å². The zero-order chi connectivity index (χ0) is 13.8. The molecule has 0 aliphatic carbocycles. The third kappa shape index (κ3) is 3.44. The summed E-state index contributed by atoms with van der Waals surface area (Å²) in [4.78, 5) is 12.0. The maximum atomic E-state index is 12.0. The van der Waals surface area contributed by atoms with E-state index in [0.717, 1.165) is 29.1 Å². The van der Waals surface area contributed by atoms with E-state index in [1.807, 2.05) is 37.4 Å². The number of carbonyl (C=O) groups excluding carboxylic acids is 1. The number of aryl methyl sites for hydroxylation is 2. The molecule has 0 unspecified atom stereocenters. The van der Waals surface area contributed by atoms with Crippen LogP contribution in [0.1, 0.15) is 23.9 Å². The summed E-state index contributed by atoms with van der Waals surface area (Å²) in [5.41, 5.74) is 9.33. The Labute approximate surface area is 113 Å². The van der Waals surface area contributed by atoms with Crippen molar-refractivity contribution >= 4 is 11.5 Å². The number of benzene rings is 1. The Balaban J connectivity index is 2.00. The molecule has 0 spiro atoms. The number of carbonyl (C=O) groups is 1. The Morgan fingerprint density at radius 1 is 1.26 bits per heavy atom. The molecule has 1 heterocycles. The molecular weight excluding hydrogens is 238 g/mol. The van der Waals surface area contributed by atoms with E-state index >= 15 is 0 Å². The molecule has 2 rings (SSSR count). The van der Waals surface area contributed by atoms with Gasteiger partial charge in [0.15, 0.2) is 0 Å². The van der Waals surface area contributed by atoms with Gasteiger partial charge in [-0.15, -0.1) is 0 Å². The minimum atomic E-state index is 0.190. The molecule has 0 atom stereocenters. The van der Waals surface area contributed by atoms with Crippen molar-refractivity contribution in [1.29, 1.82) is 0 Å². The third-order valence-corrected chi connectivity index (χ3v) is 3.15. The van der Waals surface area contributed by atoms with Gasteiger partial charge in [-0.2, -0.15) is 5.10 Å². The molecular formula is C15H19N3O. The van der Waals surface area contributed by atoms with Gasteiger partial charge in [0.2, 0.25) is 0 Å². The van der Waals surface area contributed by atoms with E-state index in [9.17, 15) is 4.79 Å². The molecule has 2 aromatic rings. The molecule has 4 nitrogen and oxygen atoms in total. The van der Waals surface area contributed by atoms with Crippen molar-refractivity contribution in [1.82, 2.24) is 9.78 Å². The highest BCUT2D eigenvalue weighted by molar-refractivity contribution is 5.82. The van der Waals surface area contributed by atoms with E-state index in [4.69, 9.17) is 5.73 Å². The molecule has 1 aromatic carbocycles. The lowest BCUT2D eigenvalue weighted by Gasteiger charge is -2.02. The average molecular weight is 257 g/mol. The van der Waals surface area contributed by atoms with Crippen molar-refractivity contribution < 1.29 is 4.79 Å². The second-order valence-electron chi connectivity index (χ2n) is 4.74. The summed E-state index contributed by atoms with van der Waals surface area (Å²) in [6.45, 7) is 2.06. The lowest BCUT2D eigenvalue weighted by Crippen LogP contribution is -2.10. The maximum absolute atomic E-state index is 12.0. The number of Topliss-reactive ketones (excluding diaryl/α,β-unsaturated/α-hetero) is 1. The summed E-state index contributed by atoms with van der Waals surface area (Å²) in [5.74, 6) is 0.190. The van der Waals surface area contributed by atoms with E-state index in [1.165, 1.54) is 0 Å². The van der Waals surface area contributed by atoms with Crippen molar-refractivity contribution in [2.24, 2.45) is 7.05 Å².